The standard InChI is InChI=1S/C12H21N3O2S/c1-12(2,3)10-13-11(18-14-10)15(4)8-6-7-9(16)17-5/h6-8H2,1-5H3. The fraction of sp³-hybridized carbons (Fsp3) is 0.750. The molecule has 6 heteroatoms. The topological polar surface area (TPSA) is 55.3 Å². The maximum Gasteiger partial charge on any atom is 0.305 e. The zero-order valence-electron chi connectivity index (χ0n) is 11.7. The number of nitrogens with zero attached hydrogens (tertiary/aromatic N) is 3. The van der Waals surface area contributed by atoms with E-state index < -0.39 is 0 Å². The molecule has 1 heterocycles. The molecule has 0 spiro atoms. The van der Waals surface area contributed by atoms with Gasteiger partial charge in [0.05, 0.1) is 7.11 Å². The van der Waals surface area contributed by atoms with E-state index in [9.17, 15) is 4.79 Å². The lowest BCUT2D eigenvalue weighted by molar-refractivity contribution is -0.140. The molecule has 0 aliphatic rings. The van der Waals surface area contributed by atoms with Crippen molar-refractivity contribution in [2.24, 2.45) is 0 Å². The van der Waals surface area contributed by atoms with Crippen LogP contribution in [0.4, 0.5) is 5.13 Å². The van der Waals surface area contributed by atoms with Crippen LogP contribution in [-0.2, 0) is 14.9 Å². The molecule has 0 aliphatic heterocycles. The summed E-state index contributed by atoms with van der Waals surface area (Å²) in [6, 6.07) is 0. The van der Waals surface area contributed by atoms with Gasteiger partial charge in [-0.2, -0.15) is 4.37 Å². The molecular weight excluding hydrogens is 250 g/mol. The highest BCUT2D eigenvalue weighted by molar-refractivity contribution is 7.09. The predicted molar refractivity (Wildman–Crippen MR) is 73.1 cm³/mol. The highest BCUT2D eigenvalue weighted by atomic mass is 32.1. The zero-order valence-corrected chi connectivity index (χ0v) is 12.5. The number of carbonyl (C=O) groups excluding carboxylic acids is 1. The number of methoxy groups -OCH3 is 1. The predicted octanol–water partition coefficient (Wildman–Crippen LogP) is 2.22. The number of carbonyl (C=O) groups is 1. The molecule has 0 amide bonds. The van der Waals surface area contributed by atoms with Crippen LogP contribution in [0.3, 0.4) is 0 Å². The van der Waals surface area contributed by atoms with Crippen LogP contribution in [0.2, 0.25) is 0 Å². The van der Waals surface area contributed by atoms with Crippen molar-refractivity contribution < 1.29 is 9.53 Å². The van der Waals surface area contributed by atoms with Gasteiger partial charge in [-0.05, 0) is 6.42 Å². The number of rotatable bonds is 5. The van der Waals surface area contributed by atoms with Crippen LogP contribution in [-0.4, -0.2) is 36.0 Å². The van der Waals surface area contributed by atoms with E-state index in [4.69, 9.17) is 0 Å². The van der Waals surface area contributed by atoms with Gasteiger partial charge in [0.15, 0.2) is 0 Å². The van der Waals surface area contributed by atoms with E-state index in [1.165, 1.54) is 18.6 Å². The summed E-state index contributed by atoms with van der Waals surface area (Å²) in [4.78, 5) is 17.5. The van der Waals surface area contributed by atoms with Crippen molar-refractivity contribution in [3.05, 3.63) is 5.82 Å². The van der Waals surface area contributed by atoms with Crippen LogP contribution in [0.15, 0.2) is 0 Å². The van der Waals surface area contributed by atoms with Gasteiger partial charge in [0, 0.05) is 37.0 Å². The molecule has 0 unspecified atom stereocenters. The second-order valence-corrected chi connectivity index (χ2v) is 5.98. The first-order valence-electron chi connectivity index (χ1n) is 5.96. The highest BCUT2D eigenvalue weighted by Gasteiger charge is 2.20. The van der Waals surface area contributed by atoms with E-state index in [-0.39, 0.29) is 11.4 Å². The van der Waals surface area contributed by atoms with Crippen LogP contribution in [0.25, 0.3) is 0 Å². The van der Waals surface area contributed by atoms with Crippen molar-refractivity contribution >= 4 is 22.6 Å². The van der Waals surface area contributed by atoms with Crippen LogP contribution < -0.4 is 4.90 Å². The monoisotopic (exact) mass is 271 g/mol. The Hall–Kier alpha value is -1.17. The average molecular weight is 271 g/mol. The molecule has 102 valence electrons. The summed E-state index contributed by atoms with van der Waals surface area (Å²) in [5.41, 5.74) is -0.0262. The first-order valence-corrected chi connectivity index (χ1v) is 6.74. The summed E-state index contributed by atoms with van der Waals surface area (Å²) >= 11 is 1.40. The Morgan fingerprint density at radius 1 is 1.44 bits per heavy atom. The number of esters is 1. The summed E-state index contributed by atoms with van der Waals surface area (Å²) in [5.74, 6) is 0.693. The van der Waals surface area contributed by atoms with Gasteiger partial charge in [-0.25, -0.2) is 4.98 Å². The molecule has 1 rings (SSSR count). The van der Waals surface area contributed by atoms with Crippen molar-refractivity contribution in [1.29, 1.82) is 0 Å². The molecule has 0 aliphatic carbocycles. The second kappa shape index (κ2) is 6.13. The number of aromatic nitrogens is 2. The minimum Gasteiger partial charge on any atom is -0.469 e. The quantitative estimate of drug-likeness (QED) is 0.769. The fourth-order valence-corrected chi connectivity index (χ4v) is 2.17. The number of hydrogen-bond donors (Lipinski definition) is 0. The van der Waals surface area contributed by atoms with Crippen LogP contribution in [0.5, 0.6) is 0 Å². The number of anilines is 1. The molecule has 18 heavy (non-hydrogen) atoms. The largest absolute Gasteiger partial charge is 0.469 e. The van der Waals surface area contributed by atoms with Gasteiger partial charge >= 0.3 is 5.97 Å². The molecule has 0 saturated carbocycles. The van der Waals surface area contributed by atoms with Gasteiger partial charge in [0.1, 0.15) is 5.82 Å². The van der Waals surface area contributed by atoms with Crippen molar-refractivity contribution in [2.45, 2.75) is 39.0 Å². The maximum absolute atomic E-state index is 11.0. The SMILES string of the molecule is COC(=O)CCCN(C)c1nc(C(C)(C)C)ns1. The minimum atomic E-state index is -0.170. The van der Waals surface area contributed by atoms with Crippen LogP contribution in [0.1, 0.15) is 39.4 Å². The van der Waals surface area contributed by atoms with Crippen molar-refractivity contribution in [2.75, 3.05) is 25.6 Å². The van der Waals surface area contributed by atoms with Crippen LogP contribution >= 0.6 is 11.5 Å². The molecule has 0 radical (unpaired) electrons. The average Bonchev–Trinajstić information content (AvgIpc) is 2.77. The first-order chi connectivity index (χ1) is 8.34. The molecule has 0 atom stereocenters. The lowest BCUT2D eigenvalue weighted by Crippen LogP contribution is -2.20. The summed E-state index contributed by atoms with van der Waals surface area (Å²) in [6.07, 6.45) is 1.19. The molecule has 0 aromatic carbocycles. The Bertz CT molecular complexity index is 398. The first kappa shape index (κ1) is 14.9. The van der Waals surface area contributed by atoms with Gasteiger partial charge in [-0.1, -0.05) is 20.8 Å². The van der Waals surface area contributed by atoms with Gasteiger partial charge < -0.3 is 9.64 Å². The Labute approximate surface area is 112 Å². The van der Waals surface area contributed by atoms with E-state index in [0.717, 1.165) is 23.9 Å². The van der Waals surface area contributed by atoms with Crippen LogP contribution in [0, 0.1) is 0 Å². The van der Waals surface area contributed by atoms with Crippen molar-refractivity contribution in [3.63, 3.8) is 0 Å². The third kappa shape index (κ3) is 4.25. The Kier molecular flexibility index (Phi) is 5.07. The highest BCUT2D eigenvalue weighted by Crippen LogP contribution is 2.24. The zero-order chi connectivity index (χ0) is 13.8. The normalized spacial score (nSPS) is 11.4. The third-order valence-electron chi connectivity index (χ3n) is 2.51. The third-order valence-corrected chi connectivity index (χ3v) is 3.35. The number of hydrogen-bond acceptors (Lipinski definition) is 6. The van der Waals surface area contributed by atoms with E-state index in [0.29, 0.717) is 6.42 Å². The smallest absolute Gasteiger partial charge is 0.305 e. The van der Waals surface area contributed by atoms with E-state index in [1.54, 1.807) is 0 Å². The van der Waals surface area contributed by atoms with Gasteiger partial charge in [-0.3, -0.25) is 4.79 Å². The van der Waals surface area contributed by atoms with E-state index in [2.05, 4.69) is 34.9 Å². The minimum absolute atomic E-state index is 0.0262. The molecule has 5 nitrogen and oxygen atoms in total. The van der Waals surface area contributed by atoms with E-state index in [1.807, 2.05) is 11.9 Å². The molecule has 0 saturated heterocycles. The fourth-order valence-electron chi connectivity index (χ4n) is 1.33. The molecule has 0 N–H and O–H groups in total. The van der Waals surface area contributed by atoms with E-state index >= 15 is 0 Å². The van der Waals surface area contributed by atoms with Crippen molar-refractivity contribution in [3.8, 4) is 0 Å². The Morgan fingerprint density at radius 2 is 2.11 bits per heavy atom. The molecule has 1 aromatic heterocycles. The summed E-state index contributed by atoms with van der Waals surface area (Å²) in [7, 11) is 3.37. The second-order valence-electron chi connectivity index (χ2n) is 5.25. The van der Waals surface area contributed by atoms with Crippen molar-refractivity contribution in [1.82, 2.24) is 9.36 Å². The van der Waals surface area contributed by atoms with Gasteiger partial charge in [0.25, 0.3) is 0 Å². The Morgan fingerprint density at radius 3 is 2.61 bits per heavy atom. The lowest BCUT2D eigenvalue weighted by Gasteiger charge is -2.15. The Balaban J connectivity index is 2.49. The molecule has 0 bridgehead atoms. The maximum atomic E-state index is 11.0. The van der Waals surface area contributed by atoms with Gasteiger partial charge in [-0.15, -0.1) is 0 Å². The van der Waals surface area contributed by atoms with Gasteiger partial charge in [0.2, 0.25) is 5.13 Å². The molecular formula is C12H21N3O2S. The summed E-state index contributed by atoms with van der Waals surface area (Å²) in [5, 5.41) is 0.893. The number of ether oxygens (including phenoxy) is 1. The molecule has 1 aromatic rings. The summed E-state index contributed by atoms with van der Waals surface area (Å²) in [6.45, 7) is 7.05. The molecule has 0 fully saturated rings. The lowest BCUT2D eigenvalue weighted by atomic mass is 9.96. The summed E-state index contributed by atoms with van der Waals surface area (Å²) < 4.78 is 8.97.